The van der Waals surface area contributed by atoms with Gasteiger partial charge in [-0.05, 0) is 31.5 Å². The quantitative estimate of drug-likeness (QED) is 0.710. The molecule has 0 amide bonds. The van der Waals surface area contributed by atoms with Crippen LogP contribution in [0.15, 0.2) is 18.2 Å². The van der Waals surface area contributed by atoms with E-state index in [1.807, 2.05) is 19.1 Å². The lowest BCUT2D eigenvalue weighted by atomic mass is 10.1. The van der Waals surface area contributed by atoms with Crippen molar-refractivity contribution in [2.75, 3.05) is 33.5 Å². The second kappa shape index (κ2) is 9.15. The summed E-state index contributed by atoms with van der Waals surface area (Å²) >= 11 is 5.95. The third-order valence-corrected chi connectivity index (χ3v) is 2.82. The highest BCUT2D eigenvalue weighted by Crippen LogP contribution is 2.27. The summed E-state index contributed by atoms with van der Waals surface area (Å²) in [5.74, 6) is 0.764. The van der Waals surface area contributed by atoms with E-state index in [-0.39, 0.29) is 6.04 Å². The predicted octanol–water partition coefficient (Wildman–Crippen LogP) is 2.79. The highest BCUT2D eigenvalue weighted by molar-refractivity contribution is 6.30. The zero-order valence-corrected chi connectivity index (χ0v) is 12.3. The van der Waals surface area contributed by atoms with Crippen molar-refractivity contribution in [3.05, 3.63) is 28.8 Å². The van der Waals surface area contributed by atoms with E-state index in [1.54, 1.807) is 13.2 Å². The van der Waals surface area contributed by atoms with Gasteiger partial charge >= 0.3 is 0 Å². The van der Waals surface area contributed by atoms with E-state index >= 15 is 0 Å². The SMILES string of the molecule is COCCCOCCOc1ccc(Cl)cc1[C@@H](C)N. The van der Waals surface area contributed by atoms with E-state index in [4.69, 9.17) is 31.5 Å². The second-order valence-electron chi connectivity index (χ2n) is 4.28. The number of benzene rings is 1. The molecule has 1 atom stereocenters. The molecule has 0 heterocycles. The molecule has 0 bridgehead atoms. The molecule has 5 heteroatoms. The molecule has 2 N–H and O–H groups in total. The van der Waals surface area contributed by atoms with E-state index in [0.717, 1.165) is 17.7 Å². The summed E-state index contributed by atoms with van der Waals surface area (Å²) in [6.45, 7) is 4.34. The van der Waals surface area contributed by atoms with E-state index in [1.165, 1.54) is 0 Å². The van der Waals surface area contributed by atoms with Gasteiger partial charge in [0.1, 0.15) is 12.4 Å². The average molecular weight is 288 g/mol. The maximum Gasteiger partial charge on any atom is 0.124 e. The van der Waals surface area contributed by atoms with Crippen LogP contribution in [0.25, 0.3) is 0 Å². The first kappa shape index (κ1) is 16.2. The summed E-state index contributed by atoms with van der Waals surface area (Å²) in [7, 11) is 1.68. The number of rotatable bonds is 9. The highest BCUT2D eigenvalue weighted by Gasteiger charge is 2.08. The van der Waals surface area contributed by atoms with Gasteiger partial charge in [-0.1, -0.05) is 11.6 Å². The monoisotopic (exact) mass is 287 g/mol. The largest absolute Gasteiger partial charge is 0.491 e. The van der Waals surface area contributed by atoms with Crippen molar-refractivity contribution >= 4 is 11.6 Å². The van der Waals surface area contributed by atoms with Crippen LogP contribution in [0.3, 0.4) is 0 Å². The van der Waals surface area contributed by atoms with E-state index < -0.39 is 0 Å². The van der Waals surface area contributed by atoms with Crippen molar-refractivity contribution in [1.82, 2.24) is 0 Å². The standard InChI is InChI=1S/C14H22ClNO3/c1-11(16)13-10-12(15)4-5-14(13)19-9-8-18-7-3-6-17-2/h4-5,10-11H,3,6-9,16H2,1-2H3/t11-/m1/s1. The Labute approximate surface area is 119 Å². The van der Waals surface area contributed by atoms with Crippen LogP contribution < -0.4 is 10.5 Å². The lowest BCUT2D eigenvalue weighted by Gasteiger charge is -2.14. The smallest absolute Gasteiger partial charge is 0.124 e. The fourth-order valence-corrected chi connectivity index (χ4v) is 1.81. The van der Waals surface area contributed by atoms with Crippen LogP contribution in [0, 0.1) is 0 Å². The number of halogens is 1. The average Bonchev–Trinajstić information content (AvgIpc) is 2.39. The zero-order chi connectivity index (χ0) is 14.1. The van der Waals surface area contributed by atoms with Crippen LogP contribution in [0.1, 0.15) is 24.9 Å². The molecule has 19 heavy (non-hydrogen) atoms. The maximum absolute atomic E-state index is 5.95. The molecular weight excluding hydrogens is 266 g/mol. The molecule has 1 aromatic carbocycles. The van der Waals surface area contributed by atoms with Crippen LogP contribution in [-0.2, 0) is 9.47 Å². The minimum absolute atomic E-state index is 0.115. The van der Waals surface area contributed by atoms with Crippen molar-refractivity contribution in [3.8, 4) is 5.75 Å². The molecule has 0 aromatic heterocycles. The van der Waals surface area contributed by atoms with E-state index in [9.17, 15) is 0 Å². The molecule has 108 valence electrons. The Balaban J connectivity index is 2.33. The summed E-state index contributed by atoms with van der Waals surface area (Å²) in [6, 6.07) is 5.35. The molecule has 0 radical (unpaired) electrons. The first-order valence-electron chi connectivity index (χ1n) is 6.39. The van der Waals surface area contributed by atoms with Crippen LogP contribution >= 0.6 is 11.6 Å². The molecule has 0 spiro atoms. The molecule has 1 rings (SSSR count). The molecule has 0 fully saturated rings. The Morgan fingerprint density at radius 3 is 2.68 bits per heavy atom. The maximum atomic E-state index is 5.95. The van der Waals surface area contributed by atoms with Gasteiger partial charge in [0, 0.05) is 37.0 Å². The molecule has 0 aliphatic rings. The second-order valence-corrected chi connectivity index (χ2v) is 4.71. The highest BCUT2D eigenvalue weighted by atomic mass is 35.5. The predicted molar refractivity (Wildman–Crippen MR) is 76.9 cm³/mol. The molecular formula is C14H22ClNO3. The fourth-order valence-electron chi connectivity index (χ4n) is 1.62. The van der Waals surface area contributed by atoms with Crippen molar-refractivity contribution < 1.29 is 14.2 Å². The first-order valence-corrected chi connectivity index (χ1v) is 6.77. The van der Waals surface area contributed by atoms with Crippen LogP contribution in [0.2, 0.25) is 5.02 Å². The summed E-state index contributed by atoms with van der Waals surface area (Å²) in [5.41, 5.74) is 6.79. The Bertz CT molecular complexity index is 372. The normalized spacial score (nSPS) is 12.4. The minimum Gasteiger partial charge on any atom is -0.491 e. The molecule has 1 aromatic rings. The van der Waals surface area contributed by atoms with Crippen LogP contribution in [0.5, 0.6) is 5.75 Å². The lowest BCUT2D eigenvalue weighted by molar-refractivity contribution is 0.0803. The molecule has 0 unspecified atom stereocenters. The number of ether oxygens (including phenoxy) is 3. The van der Waals surface area contributed by atoms with Gasteiger partial charge in [0.25, 0.3) is 0 Å². The van der Waals surface area contributed by atoms with E-state index in [0.29, 0.717) is 31.5 Å². The fraction of sp³-hybridized carbons (Fsp3) is 0.571. The Hall–Kier alpha value is -0.810. The Morgan fingerprint density at radius 1 is 1.21 bits per heavy atom. The molecule has 4 nitrogen and oxygen atoms in total. The van der Waals surface area contributed by atoms with Crippen molar-refractivity contribution in [1.29, 1.82) is 0 Å². The van der Waals surface area contributed by atoms with E-state index in [2.05, 4.69) is 0 Å². The molecule has 0 aliphatic heterocycles. The Kier molecular flexibility index (Phi) is 7.82. The Morgan fingerprint density at radius 2 is 2.00 bits per heavy atom. The van der Waals surface area contributed by atoms with Gasteiger partial charge in [-0.15, -0.1) is 0 Å². The lowest BCUT2D eigenvalue weighted by Crippen LogP contribution is -2.12. The van der Waals surface area contributed by atoms with Gasteiger partial charge < -0.3 is 19.9 Å². The first-order chi connectivity index (χ1) is 9.15. The third kappa shape index (κ3) is 6.25. The van der Waals surface area contributed by atoms with Crippen molar-refractivity contribution in [2.45, 2.75) is 19.4 Å². The summed E-state index contributed by atoms with van der Waals surface area (Å²) in [6.07, 6.45) is 0.891. The summed E-state index contributed by atoms with van der Waals surface area (Å²) < 4.78 is 16.0. The molecule has 0 saturated carbocycles. The van der Waals surface area contributed by atoms with Crippen LogP contribution in [0.4, 0.5) is 0 Å². The van der Waals surface area contributed by atoms with Crippen LogP contribution in [-0.4, -0.2) is 33.5 Å². The zero-order valence-electron chi connectivity index (χ0n) is 11.5. The topological polar surface area (TPSA) is 53.7 Å². The van der Waals surface area contributed by atoms with Gasteiger partial charge in [0.15, 0.2) is 0 Å². The van der Waals surface area contributed by atoms with Gasteiger partial charge in [0.05, 0.1) is 6.61 Å². The molecule has 0 saturated heterocycles. The number of nitrogens with two attached hydrogens (primary N) is 1. The van der Waals surface area contributed by atoms with Crippen molar-refractivity contribution in [3.63, 3.8) is 0 Å². The van der Waals surface area contributed by atoms with Gasteiger partial charge in [-0.25, -0.2) is 0 Å². The number of hydrogen-bond acceptors (Lipinski definition) is 4. The third-order valence-electron chi connectivity index (χ3n) is 2.58. The summed E-state index contributed by atoms with van der Waals surface area (Å²) in [5, 5.41) is 0.662. The number of hydrogen-bond donors (Lipinski definition) is 1. The summed E-state index contributed by atoms with van der Waals surface area (Å²) in [4.78, 5) is 0. The number of methoxy groups -OCH3 is 1. The van der Waals surface area contributed by atoms with Gasteiger partial charge in [0.2, 0.25) is 0 Å². The van der Waals surface area contributed by atoms with Gasteiger partial charge in [-0.3, -0.25) is 0 Å². The minimum atomic E-state index is -0.115. The van der Waals surface area contributed by atoms with Gasteiger partial charge in [-0.2, -0.15) is 0 Å². The molecule has 0 aliphatic carbocycles. The van der Waals surface area contributed by atoms with Crippen molar-refractivity contribution in [2.24, 2.45) is 5.73 Å².